The van der Waals surface area contributed by atoms with Crippen molar-refractivity contribution in [3.63, 3.8) is 0 Å². The summed E-state index contributed by atoms with van der Waals surface area (Å²) in [5, 5.41) is 14.5. The van der Waals surface area contributed by atoms with Gasteiger partial charge in [0.15, 0.2) is 0 Å². The van der Waals surface area contributed by atoms with Crippen molar-refractivity contribution in [3.05, 3.63) is 83.9 Å². The zero-order chi connectivity index (χ0) is 19.5. The van der Waals surface area contributed by atoms with Gasteiger partial charge in [0.05, 0.1) is 5.92 Å². The highest BCUT2D eigenvalue weighted by atomic mass is 16.4. The zero-order valence-electron chi connectivity index (χ0n) is 15.7. The van der Waals surface area contributed by atoms with Crippen LogP contribution in [0.15, 0.2) is 72.8 Å². The van der Waals surface area contributed by atoms with Gasteiger partial charge >= 0.3 is 0 Å². The summed E-state index contributed by atoms with van der Waals surface area (Å²) in [7, 11) is 0. The highest BCUT2D eigenvalue weighted by Crippen LogP contribution is 2.47. The average molecular weight is 374 g/mol. The van der Waals surface area contributed by atoms with Crippen molar-refractivity contribution in [3.8, 4) is 0 Å². The molecule has 1 amide bonds. The van der Waals surface area contributed by atoms with Gasteiger partial charge in [-0.05, 0) is 35.8 Å². The van der Waals surface area contributed by atoms with Gasteiger partial charge in [-0.2, -0.15) is 0 Å². The van der Waals surface area contributed by atoms with Crippen LogP contribution in [0.5, 0.6) is 0 Å². The first-order valence-corrected chi connectivity index (χ1v) is 9.92. The van der Waals surface area contributed by atoms with Crippen LogP contribution in [0.1, 0.15) is 29.9 Å². The smallest absolute Gasteiger partial charge is 0.224 e. The van der Waals surface area contributed by atoms with E-state index in [2.05, 4.69) is 29.6 Å². The van der Waals surface area contributed by atoms with E-state index in [1.54, 1.807) is 0 Å². The fourth-order valence-corrected chi connectivity index (χ4v) is 4.86. The molecule has 0 saturated heterocycles. The Morgan fingerprint density at radius 1 is 0.893 bits per heavy atom. The molecule has 0 radical (unpaired) electrons. The highest BCUT2D eigenvalue weighted by molar-refractivity contribution is 5.86. The molecule has 4 atom stereocenters. The second-order valence-electron chi connectivity index (χ2n) is 7.77. The standard InChI is InChI=1S/C24H25NO3/c26-23(21-18-11-12-19(15-18)22(21)24(27)28)25-14-13-20(16-7-3-1-4-8-16)17-9-5-2-6-10-17/h1-12,18-22H,13-15H2,(H,25,26)(H,27,28)/p-1/t18-,19-,21-,22-/m0/s1. The van der Waals surface area contributed by atoms with Gasteiger partial charge < -0.3 is 15.2 Å². The molecule has 4 rings (SSSR count). The van der Waals surface area contributed by atoms with E-state index in [-0.39, 0.29) is 23.7 Å². The molecule has 2 bridgehead atoms. The summed E-state index contributed by atoms with van der Waals surface area (Å²) in [6.07, 6.45) is 5.42. The Kier molecular flexibility index (Phi) is 5.29. The van der Waals surface area contributed by atoms with Crippen molar-refractivity contribution in [1.82, 2.24) is 5.32 Å². The van der Waals surface area contributed by atoms with E-state index in [1.807, 2.05) is 48.6 Å². The minimum absolute atomic E-state index is 0.0203. The second kappa shape index (κ2) is 8.01. The molecule has 4 nitrogen and oxygen atoms in total. The molecule has 2 aromatic rings. The summed E-state index contributed by atoms with van der Waals surface area (Å²) < 4.78 is 0. The van der Waals surface area contributed by atoms with Crippen LogP contribution in [0.25, 0.3) is 0 Å². The number of fused-ring (bicyclic) bond motifs is 2. The molecule has 0 aliphatic heterocycles. The minimum atomic E-state index is -1.11. The van der Waals surface area contributed by atoms with Crippen molar-refractivity contribution < 1.29 is 14.7 Å². The third kappa shape index (κ3) is 3.59. The van der Waals surface area contributed by atoms with Crippen LogP contribution < -0.4 is 10.4 Å². The summed E-state index contributed by atoms with van der Waals surface area (Å²) in [5.41, 5.74) is 2.41. The van der Waals surface area contributed by atoms with Gasteiger partial charge in [0.1, 0.15) is 0 Å². The lowest BCUT2D eigenvalue weighted by molar-refractivity contribution is -0.313. The topological polar surface area (TPSA) is 69.2 Å². The van der Waals surface area contributed by atoms with E-state index in [0.717, 1.165) is 12.8 Å². The number of carbonyl (C=O) groups is 2. The minimum Gasteiger partial charge on any atom is -0.550 e. The number of benzene rings is 2. The lowest BCUT2D eigenvalue weighted by Gasteiger charge is -2.28. The van der Waals surface area contributed by atoms with Gasteiger partial charge in [0, 0.05) is 24.3 Å². The fraction of sp³-hybridized carbons (Fsp3) is 0.333. The first-order chi connectivity index (χ1) is 13.6. The van der Waals surface area contributed by atoms with Crippen molar-refractivity contribution in [2.45, 2.75) is 18.8 Å². The molecule has 0 unspecified atom stereocenters. The SMILES string of the molecule is O=C([O-])[C@@H]1[C@@H](C(=O)NCCC(c2ccccc2)c2ccccc2)[C@H]2C=C[C@H]1C2. The normalized spacial score (nSPS) is 25.2. The third-order valence-corrected chi connectivity index (χ3v) is 6.17. The Morgan fingerprint density at radius 3 is 1.96 bits per heavy atom. The molecule has 2 aliphatic rings. The first-order valence-electron chi connectivity index (χ1n) is 9.92. The molecule has 2 aromatic carbocycles. The lowest BCUT2D eigenvalue weighted by Crippen LogP contribution is -2.45. The molecule has 1 saturated carbocycles. The van der Waals surface area contributed by atoms with Crippen LogP contribution in [0.3, 0.4) is 0 Å². The number of hydrogen-bond acceptors (Lipinski definition) is 3. The summed E-state index contributed by atoms with van der Waals surface area (Å²) in [4.78, 5) is 24.3. The molecule has 28 heavy (non-hydrogen) atoms. The predicted molar refractivity (Wildman–Crippen MR) is 105 cm³/mol. The molecular weight excluding hydrogens is 350 g/mol. The molecule has 2 aliphatic carbocycles. The average Bonchev–Trinajstić information content (AvgIpc) is 3.34. The van der Waals surface area contributed by atoms with E-state index >= 15 is 0 Å². The Hall–Kier alpha value is -2.88. The summed E-state index contributed by atoms with van der Waals surface area (Å²) in [6.45, 7) is 0.505. The molecule has 144 valence electrons. The van der Waals surface area contributed by atoms with Crippen molar-refractivity contribution in [2.24, 2.45) is 23.7 Å². The van der Waals surface area contributed by atoms with Gasteiger partial charge in [0.25, 0.3) is 0 Å². The van der Waals surface area contributed by atoms with Gasteiger partial charge in [-0.15, -0.1) is 0 Å². The number of aliphatic carboxylic acids is 1. The number of hydrogen-bond donors (Lipinski definition) is 1. The van der Waals surface area contributed by atoms with E-state index in [0.29, 0.717) is 6.54 Å². The number of carbonyl (C=O) groups excluding carboxylic acids is 2. The van der Waals surface area contributed by atoms with E-state index in [1.165, 1.54) is 11.1 Å². The Labute approximate surface area is 165 Å². The first kappa shape index (κ1) is 18.5. The largest absolute Gasteiger partial charge is 0.550 e. The van der Waals surface area contributed by atoms with Crippen molar-refractivity contribution >= 4 is 11.9 Å². The van der Waals surface area contributed by atoms with Crippen LogP contribution in [-0.4, -0.2) is 18.4 Å². The molecular formula is C24H24NO3-. The number of allylic oxidation sites excluding steroid dienone is 2. The van der Waals surface area contributed by atoms with Gasteiger partial charge in [-0.3, -0.25) is 4.79 Å². The Balaban J connectivity index is 1.43. The molecule has 0 heterocycles. The number of carboxylic acids is 1. The summed E-state index contributed by atoms with van der Waals surface area (Å²) >= 11 is 0. The van der Waals surface area contributed by atoms with Gasteiger partial charge in [0.2, 0.25) is 5.91 Å². The Bertz CT molecular complexity index is 822. The maximum atomic E-state index is 12.8. The number of nitrogens with one attached hydrogen (secondary N) is 1. The second-order valence-corrected chi connectivity index (χ2v) is 7.77. The maximum Gasteiger partial charge on any atom is 0.224 e. The summed E-state index contributed by atoms with van der Waals surface area (Å²) in [6, 6.07) is 20.5. The lowest BCUT2D eigenvalue weighted by atomic mass is 9.82. The fourth-order valence-electron chi connectivity index (χ4n) is 4.86. The number of amides is 1. The maximum absolute atomic E-state index is 12.8. The van der Waals surface area contributed by atoms with E-state index in [9.17, 15) is 14.7 Å². The third-order valence-electron chi connectivity index (χ3n) is 6.17. The number of rotatable bonds is 7. The zero-order valence-corrected chi connectivity index (χ0v) is 15.7. The highest BCUT2D eigenvalue weighted by Gasteiger charge is 2.48. The monoisotopic (exact) mass is 374 g/mol. The molecule has 0 spiro atoms. The van der Waals surface area contributed by atoms with E-state index in [4.69, 9.17) is 0 Å². The van der Waals surface area contributed by atoms with Crippen LogP contribution in [0, 0.1) is 23.7 Å². The van der Waals surface area contributed by atoms with Gasteiger partial charge in [-0.1, -0.05) is 72.8 Å². The van der Waals surface area contributed by atoms with Gasteiger partial charge in [-0.25, -0.2) is 0 Å². The van der Waals surface area contributed by atoms with Crippen LogP contribution in [-0.2, 0) is 9.59 Å². The molecule has 4 heteroatoms. The van der Waals surface area contributed by atoms with Crippen LogP contribution in [0.4, 0.5) is 0 Å². The van der Waals surface area contributed by atoms with Crippen LogP contribution >= 0.6 is 0 Å². The molecule has 1 N–H and O–H groups in total. The van der Waals surface area contributed by atoms with Crippen LogP contribution in [0.2, 0.25) is 0 Å². The van der Waals surface area contributed by atoms with Crippen molar-refractivity contribution in [1.29, 1.82) is 0 Å². The van der Waals surface area contributed by atoms with Crippen molar-refractivity contribution in [2.75, 3.05) is 6.54 Å². The number of carboxylic acid groups (broad SMARTS) is 1. The molecule has 0 aromatic heterocycles. The summed E-state index contributed by atoms with van der Waals surface area (Å²) in [5.74, 6) is -2.34. The Morgan fingerprint density at radius 2 is 1.43 bits per heavy atom. The predicted octanol–water partition coefficient (Wildman–Crippen LogP) is 2.51. The van der Waals surface area contributed by atoms with E-state index < -0.39 is 17.8 Å². The molecule has 1 fully saturated rings. The quantitative estimate of drug-likeness (QED) is 0.757.